The van der Waals surface area contributed by atoms with E-state index in [4.69, 9.17) is 0 Å². The van der Waals surface area contributed by atoms with Crippen LogP contribution in [0, 0.1) is 20.8 Å². The van der Waals surface area contributed by atoms with Crippen LogP contribution in [0.15, 0.2) is 60.7 Å². The highest BCUT2D eigenvalue weighted by Gasteiger charge is 2.43. The van der Waals surface area contributed by atoms with Crippen molar-refractivity contribution in [1.29, 1.82) is 0 Å². The number of nitrogens with zero attached hydrogens (tertiary/aromatic N) is 1. The molecule has 0 atom stereocenters. The van der Waals surface area contributed by atoms with Gasteiger partial charge in [0.05, 0.1) is 5.39 Å². The zero-order valence-electron chi connectivity index (χ0n) is 18.2. The summed E-state index contributed by atoms with van der Waals surface area (Å²) in [5, 5.41) is 1.34. The summed E-state index contributed by atoms with van der Waals surface area (Å²) in [4.78, 5) is 0. The Labute approximate surface area is 173 Å². The maximum Gasteiger partial charge on any atom is 0.217 e. The van der Waals surface area contributed by atoms with Crippen LogP contribution in [0.5, 0.6) is 0 Å². The van der Waals surface area contributed by atoms with E-state index in [1.807, 2.05) is 0 Å². The third kappa shape index (κ3) is 2.37. The molecule has 1 heteroatoms. The first-order chi connectivity index (χ1) is 13.8. The van der Waals surface area contributed by atoms with Gasteiger partial charge in [-0.2, -0.15) is 4.57 Å². The molecule has 0 radical (unpaired) electrons. The Hall–Kier alpha value is -2.93. The number of aromatic nitrogens is 1. The zero-order valence-corrected chi connectivity index (χ0v) is 18.2. The second-order valence-electron chi connectivity index (χ2n) is 9.10. The van der Waals surface area contributed by atoms with E-state index in [1.165, 1.54) is 61.1 Å². The lowest BCUT2D eigenvalue weighted by atomic mass is 9.79. The van der Waals surface area contributed by atoms with Crippen molar-refractivity contribution in [3.63, 3.8) is 0 Å². The van der Waals surface area contributed by atoms with E-state index in [-0.39, 0.29) is 5.41 Å². The normalized spacial score (nSPS) is 14.1. The molecule has 4 aromatic rings. The maximum absolute atomic E-state index is 2.42. The van der Waals surface area contributed by atoms with Crippen LogP contribution >= 0.6 is 0 Å². The predicted molar refractivity (Wildman–Crippen MR) is 122 cm³/mol. The minimum Gasteiger partial charge on any atom is -0.194 e. The molecule has 0 amide bonds. The molecule has 3 aromatic carbocycles. The fraction of sp³-hybridized carbons (Fsp3) is 0.250. The lowest BCUT2D eigenvalue weighted by molar-refractivity contribution is -0.634. The first kappa shape index (κ1) is 18.1. The molecule has 29 heavy (non-hydrogen) atoms. The lowest BCUT2D eigenvalue weighted by Crippen LogP contribution is -2.36. The Balaban J connectivity index is 2.05. The van der Waals surface area contributed by atoms with Gasteiger partial charge in [-0.1, -0.05) is 61.9 Å². The standard InChI is InChI=1S/C28H28N/c1-17-15-18(2)19(3)22(16-17)27-26-25(21-12-8-10-14-24(21)29(27)6)20-11-7-9-13-23(20)28(26,4)5/h7-16H,1-6H3/q+1. The van der Waals surface area contributed by atoms with Gasteiger partial charge in [0.1, 0.15) is 7.05 Å². The van der Waals surface area contributed by atoms with E-state index in [9.17, 15) is 0 Å². The number of para-hydroxylation sites is 1. The minimum atomic E-state index is -0.0485. The molecule has 1 nitrogen and oxygen atoms in total. The monoisotopic (exact) mass is 378 g/mol. The molecule has 144 valence electrons. The van der Waals surface area contributed by atoms with Crippen molar-refractivity contribution in [3.8, 4) is 22.4 Å². The second-order valence-corrected chi connectivity index (χ2v) is 9.10. The molecule has 1 aliphatic rings. The van der Waals surface area contributed by atoms with E-state index in [1.54, 1.807) is 0 Å². The van der Waals surface area contributed by atoms with Gasteiger partial charge in [0.15, 0.2) is 0 Å². The SMILES string of the molecule is Cc1cc(C)c(C)c(-c2c3c(c4ccccc4[n+]2C)-c2ccccc2C3(C)C)c1. The predicted octanol–water partition coefficient (Wildman–Crippen LogP) is 6.56. The highest BCUT2D eigenvalue weighted by Crippen LogP contribution is 2.53. The summed E-state index contributed by atoms with van der Waals surface area (Å²) in [6, 6.07) is 22.5. The molecule has 0 saturated heterocycles. The van der Waals surface area contributed by atoms with E-state index < -0.39 is 0 Å². The van der Waals surface area contributed by atoms with Crippen molar-refractivity contribution in [2.45, 2.75) is 40.0 Å². The summed E-state index contributed by atoms with van der Waals surface area (Å²) >= 11 is 0. The van der Waals surface area contributed by atoms with Gasteiger partial charge in [-0.05, 0) is 55.2 Å². The van der Waals surface area contributed by atoms with Crippen LogP contribution in [-0.2, 0) is 12.5 Å². The highest BCUT2D eigenvalue weighted by atomic mass is 14.9. The van der Waals surface area contributed by atoms with Crippen molar-refractivity contribution in [2.75, 3.05) is 0 Å². The maximum atomic E-state index is 2.42. The fourth-order valence-electron chi connectivity index (χ4n) is 5.39. The average Bonchev–Trinajstić information content (AvgIpc) is 2.94. The molecule has 1 aliphatic carbocycles. The molecule has 1 heterocycles. The summed E-state index contributed by atoms with van der Waals surface area (Å²) in [5.74, 6) is 0. The number of fused-ring (bicyclic) bond motifs is 5. The summed E-state index contributed by atoms with van der Waals surface area (Å²) in [5.41, 5.74) is 13.7. The summed E-state index contributed by atoms with van der Waals surface area (Å²) in [7, 11) is 2.23. The minimum absolute atomic E-state index is 0.0485. The van der Waals surface area contributed by atoms with Crippen LogP contribution in [0.2, 0.25) is 0 Å². The Bertz CT molecular complexity index is 1310. The van der Waals surface area contributed by atoms with Gasteiger partial charge in [-0.15, -0.1) is 0 Å². The van der Waals surface area contributed by atoms with Crippen LogP contribution in [-0.4, -0.2) is 0 Å². The van der Waals surface area contributed by atoms with E-state index in [0.717, 1.165) is 0 Å². The molecular formula is C28H28N+. The van der Waals surface area contributed by atoms with Crippen LogP contribution in [0.4, 0.5) is 0 Å². The van der Waals surface area contributed by atoms with Crippen LogP contribution in [0.1, 0.15) is 41.7 Å². The molecule has 0 aliphatic heterocycles. The molecule has 5 rings (SSSR count). The van der Waals surface area contributed by atoms with Crippen molar-refractivity contribution >= 4 is 10.9 Å². The third-order valence-corrected chi connectivity index (χ3v) is 6.92. The Morgan fingerprint density at radius 3 is 2.28 bits per heavy atom. The Kier molecular flexibility index (Phi) is 3.77. The van der Waals surface area contributed by atoms with Crippen LogP contribution < -0.4 is 4.57 Å². The summed E-state index contributed by atoms with van der Waals surface area (Å²) in [6.45, 7) is 11.5. The number of benzene rings is 3. The van der Waals surface area contributed by atoms with Gasteiger partial charge in [0.25, 0.3) is 0 Å². The molecule has 1 aromatic heterocycles. The quantitative estimate of drug-likeness (QED) is 0.330. The topological polar surface area (TPSA) is 3.88 Å². The molecular weight excluding hydrogens is 350 g/mol. The second kappa shape index (κ2) is 6.03. The van der Waals surface area contributed by atoms with E-state index in [2.05, 4.69) is 107 Å². The van der Waals surface area contributed by atoms with Gasteiger partial charge < -0.3 is 0 Å². The van der Waals surface area contributed by atoms with Gasteiger partial charge >= 0.3 is 0 Å². The number of hydrogen-bond acceptors (Lipinski definition) is 0. The molecule has 0 saturated carbocycles. The summed E-state index contributed by atoms with van der Waals surface area (Å²) < 4.78 is 2.42. The average molecular weight is 379 g/mol. The smallest absolute Gasteiger partial charge is 0.194 e. The highest BCUT2D eigenvalue weighted by molar-refractivity contribution is 6.02. The van der Waals surface area contributed by atoms with Gasteiger partial charge in [0, 0.05) is 28.2 Å². The van der Waals surface area contributed by atoms with Gasteiger partial charge in [-0.3, -0.25) is 0 Å². The molecule has 0 fully saturated rings. The van der Waals surface area contributed by atoms with Gasteiger partial charge in [-0.25, -0.2) is 0 Å². The van der Waals surface area contributed by atoms with Crippen molar-refractivity contribution in [3.05, 3.63) is 88.5 Å². The number of hydrogen-bond donors (Lipinski definition) is 0. The Morgan fingerprint density at radius 1 is 0.793 bits per heavy atom. The Morgan fingerprint density at radius 2 is 1.48 bits per heavy atom. The van der Waals surface area contributed by atoms with E-state index >= 15 is 0 Å². The first-order valence-corrected chi connectivity index (χ1v) is 10.5. The number of rotatable bonds is 1. The van der Waals surface area contributed by atoms with Crippen molar-refractivity contribution in [1.82, 2.24) is 0 Å². The fourth-order valence-corrected chi connectivity index (χ4v) is 5.39. The lowest BCUT2D eigenvalue weighted by Gasteiger charge is -2.24. The largest absolute Gasteiger partial charge is 0.217 e. The first-order valence-electron chi connectivity index (χ1n) is 10.5. The van der Waals surface area contributed by atoms with Crippen LogP contribution in [0.25, 0.3) is 33.3 Å². The number of pyridine rings is 1. The molecule has 0 bridgehead atoms. The van der Waals surface area contributed by atoms with Crippen molar-refractivity contribution < 1.29 is 4.57 Å². The summed E-state index contributed by atoms with van der Waals surface area (Å²) in [6.07, 6.45) is 0. The van der Waals surface area contributed by atoms with Crippen LogP contribution in [0.3, 0.4) is 0 Å². The van der Waals surface area contributed by atoms with E-state index in [0.29, 0.717) is 0 Å². The van der Waals surface area contributed by atoms with Gasteiger partial charge in [0.2, 0.25) is 11.2 Å². The third-order valence-electron chi connectivity index (χ3n) is 6.92. The number of aryl methyl sites for hydroxylation is 3. The molecule has 0 spiro atoms. The van der Waals surface area contributed by atoms with Crippen molar-refractivity contribution in [2.24, 2.45) is 7.05 Å². The zero-order chi connectivity index (χ0) is 20.5. The molecule has 0 N–H and O–H groups in total. The molecule has 0 unspecified atom stereocenters.